The number of anilines is 1. The van der Waals surface area contributed by atoms with Crippen LogP contribution in [0, 0.1) is 0 Å². The first kappa shape index (κ1) is 33.5. The lowest BCUT2D eigenvalue weighted by Gasteiger charge is -2.22. The number of nitrogens with one attached hydrogen (secondary N) is 1. The highest BCUT2D eigenvalue weighted by molar-refractivity contribution is 5.80. The zero-order valence-electron chi connectivity index (χ0n) is 25.3. The highest BCUT2D eigenvalue weighted by Gasteiger charge is 2.43. The molecule has 2 aromatic carbocycles. The van der Waals surface area contributed by atoms with E-state index in [2.05, 4.69) is 20.3 Å². The van der Waals surface area contributed by atoms with Crippen molar-refractivity contribution in [3.05, 3.63) is 83.9 Å². The van der Waals surface area contributed by atoms with E-state index in [9.17, 15) is 27.9 Å². The Morgan fingerprint density at radius 3 is 2.11 bits per heavy atom. The maximum Gasteiger partial charge on any atom is 0.429 e. The van der Waals surface area contributed by atoms with Crippen molar-refractivity contribution in [2.24, 2.45) is 0 Å². The van der Waals surface area contributed by atoms with Crippen molar-refractivity contribution >= 4 is 18.0 Å². The summed E-state index contributed by atoms with van der Waals surface area (Å²) in [6.45, 7) is 4.96. The number of rotatable bonds is 10. The van der Waals surface area contributed by atoms with E-state index in [1.54, 1.807) is 63.2 Å². The average molecular weight is 640 g/mol. The molecule has 4 aromatic rings. The molecule has 0 fully saturated rings. The maximum atomic E-state index is 14.2. The van der Waals surface area contributed by atoms with E-state index in [0.717, 1.165) is 0 Å². The van der Waals surface area contributed by atoms with Crippen molar-refractivity contribution in [1.82, 2.24) is 20.3 Å². The molecule has 0 aliphatic carbocycles. The van der Waals surface area contributed by atoms with Crippen LogP contribution in [-0.4, -0.2) is 57.0 Å². The fourth-order valence-corrected chi connectivity index (χ4v) is 4.31. The lowest BCUT2D eigenvalue weighted by molar-refractivity contribution is -0.198. The van der Waals surface area contributed by atoms with Gasteiger partial charge in [-0.1, -0.05) is 54.6 Å². The Hall–Kier alpha value is -5.40. The van der Waals surface area contributed by atoms with Gasteiger partial charge < -0.3 is 30.4 Å². The molecule has 46 heavy (non-hydrogen) atoms. The van der Waals surface area contributed by atoms with Crippen molar-refractivity contribution < 1.29 is 42.1 Å². The smallest absolute Gasteiger partial charge is 0.429 e. The topological polar surface area (TPSA) is 159 Å². The Labute approximate surface area is 262 Å². The van der Waals surface area contributed by atoms with Crippen LogP contribution in [-0.2, 0) is 16.0 Å². The number of carboxylic acids is 1. The summed E-state index contributed by atoms with van der Waals surface area (Å²) in [7, 11) is 1.46. The second kappa shape index (κ2) is 13.7. The second-order valence-corrected chi connectivity index (χ2v) is 11.1. The molecule has 4 N–H and O–H groups in total. The van der Waals surface area contributed by atoms with Crippen molar-refractivity contribution in [1.29, 1.82) is 0 Å². The van der Waals surface area contributed by atoms with E-state index in [-0.39, 0.29) is 23.6 Å². The first-order valence-corrected chi connectivity index (χ1v) is 13.9. The Balaban J connectivity index is 1.52. The molecule has 0 aliphatic rings. The normalized spacial score (nSPS) is 12.9. The number of pyridine rings is 1. The predicted molar refractivity (Wildman–Crippen MR) is 162 cm³/mol. The van der Waals surface area contributed by atoms with E-state index in [1.807, 2.05) is 0 Å². The summed E-state index contributed by atoms with van der Waals surface area (Å²) >= 11 is 0. The molecule has 4 rings (SSSR count). The number of carboxylic acid groups (broad SMARTS) is 1. The molecule has 0 spiro atoms. The second-order valence-electron chi connectivity index (χ2n) is 11.1. The van der Waals surface area contributed by atoms with Gasteiger partial charge in [-0.2, -0.15) is 18.2 Å². The molecule has 0 aliphatic heterocycles. The monoisotopic (exact) mass is 639 g/mol. The van der Waals surface area contributed by atoms with Crippen molar-refractivity contribution in [2.75, 3.05) is 12.8 Å². The number of alkyl carbamates (subject to hydrolysis) is 1. The van der Waals surface area contributed by atoms with Gasteiger partial charge in [0.05, 0.1) is 18.5 Å². The zero-order chi connectivity index (χ0) is 33.6. The molecule has 2 aromatic heterocycles. The molecule has 2 atom stereocenters. The standard InChI is InChI=1S/C32H32F3N5O6/c1-31(2,3)46-30(43)39-24(28(41)42)16-18-8-10-20(11-9-18)23-17-26(40-29(36)38-23)45-27(32(33,34)35)21-14-12-19(13-15-21)22-6-5-7-25(37-22)44-4/h5-15,17,24,27H,16H2,1-4H3,(H,39,43)(H,41,42)(H2,36,38,40)/t24?,27-/m0/s1. The maximum absolute atomic E-state index is 14.2. The molecule has 1 unspecified atom stereocenters. The van der Waals surface area contributed by atoms with Crippen LogP contribution in [0.1, 0.15) is 38.0 Å². The molecular weight excluding hydrogens is 607 g/mol. The quantitative estimate of drug-likeness (QED) is 0.188. The van der Waals surface area contributed by atoms with Crippen LogP contribution in [0.15, 0.2) is 72.8 Å². The van der Waals surface area contributed by atoms with Gasteiger partial charge in [0.25, 0.3) is 0 Å². The van der Waals surface area contributed by atoms with Gasteiger partial charge in [-0.05, 0) is 32.4 Å². The minimum absolute atomic E-state index is 0.0605. The molecule has 0 saturated carbocycles. The Morgan fingerprint density at radius 2 is 1.52 bits per heavy atom. The number of ether oxygens (including phenoxy) is 3. The van der Waals surface area contributed by atoms with E-state index in [1.165, 1.54) is 37.4 Å². The summed E-state index contributed by atoms with van der Waals surface area (Å²) in [5.41, 5.74) is 7.13. The van der Waals surface area contributed by atoms with Gasteiger partial charge >= 0.3 is 18.2 Å². The summed E-state index contributed by atoms with van der Waals surface area (Å²) < 4.78 is 58.2. The molecule has 2 heterocycles. The van der Waals surface area contributed by atoms with Crippen LogP contribution < -0.4 is 20.5 Å². The number of nitrogens with two attached hydrogens (primary N) is 1. The van der Waals surface area contributed by atoms with Crippen LogP contribution in [0.2, 0.25) is 0 Å². The molecule has 1 amide bonds. The van der Waals surface area contributed by atoms with Crippen LogP contribution in [0.5, 0.6) is 11.8 Å². The fourth-order valence-electron chi connectivity index (χ4n) is 4.31. The molecule has 0 radical (unpaired) electrons. The van der Waals surface area contributed by atoms with E-state index in [4.69, 9.17) is 19.9 Å². The summed E-state index contributed by atoms with van der Waals surface area (Å²) in [5.74, 6) is -1.61. The number of benzene rings is 2. The minimum Gasteiger partial charge on any atom is -0.481 e. The number of aliphatic carboxylic acids is 1. The number of hydrogen-bond donors (Lipinski definition) is 3. The molecular formula is C32H32F3N5O6. The predicted octanol–water partition coefficient (Wildman–Crippen LogP) is 6.00. The van der Waals surface area contributed by atoms with E-state index >= 15 is 0 Å². The molecule has 14 heteroatoms. The van der Waals surface area contributed by atoms with Crippen LogP contribution in [0.25, 0.3) is 22.5 Å². The van der Waals surface area contributed by atoms with Gasteiger partial charge in [-0.25, -0.2) is 19.6 Å². The van der Waals surface area contributed by atoms with Crippen LogP contribution >= 0.6 is 0 Å². The Morgan fingerprint density at radius 1 is 0.891 bits per heavy atom. The molecule has 11 nitrogen and oxygen atoms in total. The number of hydrogen-bond acceptors (Lipinski definition) is 9. The average Bonchev–Trinajstić information content (AvgIpc) is 2.98. The minimum atomic E-state index is -4.80. The number of halogens is 3. The number of carbonyl (C=O) groups excluding carboxylic acids is 1. The number of amides is 1. The number of carbonyl (C=O) groups is 2. The highest BCUT2D eigenvalue weighted by atomic mass is 19.4. The first-order valence-electron chi connectivity index (χ1n) is 13.9. The third kappa shape index (κ3) is 9.06. The third-order valence-corrected chi connectivity index (χ3v) is 6.38. The highest BCUT2D eigenvalue weighted by Crippen LogP contribution is 2.38. The molecule has 0 saturated heterocycles. The van der Waals surface area contributed by atoms with E-state index in [0.29, 0.717) is 28.3 Å². The zero-order valence-corrected chi connectivity index (χ0v) is 25.3. The number of aromatic nitrogens is 3. The summed E-state index contributed by atoms with van der Waals surface area (Å²) in [4.78, 5) is 36.1. The van der Waals surface area contributed by atoms with Gasteiger partial charge in [0.2, 0.25) is 23.8 Å². The number of nitrogens with zero attached hydrogens (tertiary/aromatic N) is 3. The number of alkyl halides is 3. The van der Waals surface area contributed by atoms with Crippen molar-refractivity contribution in [3.63, 3.8) is 0 Å². The largest absolute Gasteiger partial charge is 0.481 e. The van der Waals surface area contributed by atoms with E-state index < -0.39 is 41.9 Å². The van der Waals surface area contributed by atoms with Gasteiger partial charge in [-0.15, -0.1) is 0 Å². The Kier molecular flexibility index (Phi) is 9.98. The number of methoxy groups -OCH3 is 1. The van der Waals surface area contributed by atoms with Gasteiger partial charge in [0, 0.05) is 35.2 Å². The van der Waals surface area contributed by atoms with Crippen molar-refractivity contribution in [2.45, 2.75) is 51.1 Å². The third-order valence-electron chi connectivity index (χ3n) is 6.38. The van der Waals surface area contributed by atoms with Crippen LogP contribution in [0.3, 0.4) is 0 Å². The SMILES string of the molecule is COc1cccc(-c2ccc([C@H](Oc3cc(-c4ccc(CC(NC(=O)OC(C)(C)C)C(=O)O)cc4)nc(N)n3)C(F)(F)F)cc2)n1. The van der Waals surface area contributed by atoms with Crippen molar-refractivity contribution in [3.8, 4) is 34.3 Å². The summed E-state index contributed by atoms with van der Waals surface area (Å²) in [5, 5.41) is 11.9. The number of nitrogen functional groups attached to an aromatic ring is 1. The van der Waals surface area contributed by atoms with Gasteiger partial charge in [0.15, 0.2) is 0 Å². The lowest BCUT2D eigenvalue weighted by Crippen LogP contribution is -2.44. The Bertz CT molecular complexity index is 1680. The summed E-state index contributed by atoms with van der Waals surface area (Å²) in [6, 6.07) is 17.0. The molecule has 242 valence electrons. The fraction of sp³-hybridized carbons (Fsp3) is 0.281. The molecule has 0 bridgehead atoms. The van der Waals surface area contributed by atoms with Crippen LogP contribution in [0.4, 0.5) is 23.9 Å². The first-order chi connectivity index (χ1) is 21.6. The lowest BCUT2D eigenvalue weighted by atomic mass is 10.0. The van der Waals surface area contributed by atoms with Gasteiger partial charge in [0.1, 0.15) is 11.6 Å². The van der Waals surface area contributed by atoms with Gasteiger partial charge in [-0.3, -0.25) is 0 Å². The summed E-state index contributed by atoms with van der Waals surface area (Å²) in [6.07, 6.45) is -8.10.